The molecule has 6 nitrogen and oxygen atoms in total. The second kappa shape index (κ2) is 63.1. The molecule has 0 heterocycles. The van der Waals surface area contributed by atoms with Gasteiger partial charge >= 0.3 is 17.9 Å². The largest absolute Gasteiger partial charge is 0.462 e. The Labute approximate surface area is 465 Å². The highest BCUT2D eigenvalue weighted by molar-refractivity contribution is 5.71. The van der Waals surface area contributed by atoms with Gasteiger partial charge in [-0.15, -0.1) is 0 Å². The van der Waals surface area contributed by atoms with E-state index in [2.05, 4.69) is 106 Å². The molecule has 0 fully saturated rings. The van der Waals surface area contributed by atoms with Crippen LogP contribution < -0.4 is 0 Å². The number of hydrogen-bond donors (Lipinski definition) is 0. The molecule has 0 aliphatic carbocycles. The fraction of sp³-hybridized carbons (Fsp3) is 0.754. The molecule has 0 bridgehead atoms. The van der Waals surface area contributed by atoms with E-state index in [1.165, 1.54) is 141 Å². The third kappa shape index (κ3) is 61.3. The lowest BCUT2D eigenvalue weighted by atomic mass is 10.0. The normalized spacial score (nSPS) is 12.6. The lowest BCUT2D eigenvalue weighted by molar-refractivity contribution is -0.167. The Hall–Kier alpha value is -3.41. The molecular formula is C69H120O6. The zero-order chi connectivity index (χ0) is 54.3. The number of carbonyl (C=O) groups is 3. The molecule has 0 aromatic rings. The molecule has 0 amide bonds. The van der Waals surface area contributed by atoms with Crippen molar-refractivity contribution in [3.05, 3.63) is 85.1 Å². The number of esters is 3. The number of ether oxygens (including phenoxy) is 3. The molecule has 1 unspecified atom stereocenters. The van der Waals surface area contributed by atoms with Crippen molar-refractivity contribution in [1.82, 2.24) is 0 Å². The maximum absolute atomic E-state index is 12.9. The van der Waals surface area contributed by atoms with Gasteiger partial charge in [-0.05, 0) is 89.9 Å². The number of unbranched alkanes of at least 4 members (excludes halogenated alkanes) is 33. The van der Waals surface area contributed by atoms with Crippen molar-refractivity contribution in [2.45, 2.75) is 322 Å². The molecule has 1 atom stereocenters. The number of allylic oxidation sites excluding steroid dienone is 14. The third-order valence-corrected chi connectivity index (χ3v) is 13.9. The summed E-state index contributed by atoms with van der Waals surface area (Å²) in [6.45, 7) is 6.50. The van der Waals surface area contributed by atoms with E-state index in [-0.39, 0.29) is 31.1 Å². The highest BCUT2D eigenvalue weighted by atomic mass is 16.6. The van der Waals surface area contributed by atoms with Crippen LogP contribution in [0.25, 0.3) is 0 Å². The second-order valence-corrected chi connectivity index (χ2v) is 21.3. The van der Waals surface area contributed by atoms with E-state index in [0.717, 1.165) is 135 Å². The van der Waals surface area contributed by atoms with Crippen molar-refractivity contribution >= 4 is 17.9 Å². The predicted molar refractivity (Wildman–Crippen MR) is 325 cm³/mol. The molecule has 0 radical (unpaired) electrons. The SMILES string of the molecule is CC/C=C\C/C=C\C/C=C\C/C=C\C/C=C\CCCCCCCC(=O)OC(COC(=O)CCCCCCC/C=C\C/C=C\CCCC)COC(=O)CCCCCCCCCCCCCCCCCCCCCCCC. The Morgan fingerprint density at radius 1 is 0.280 bits per heavy atom. The standard InChI is InChI=1S/C69H120O6/c1-4-7-10-13-16-19-22-25-28-30-32-34-36-37-39-41-44-47-50-53-56-59-62-68(71)74-65-66(64-73-67(70)61-58-55-52-49-46-43-27-24-21-18-15-12-9-6-3)75-69(72)63-60-57-54-51-48-45-42-40-38-35-33-31-29-26-23-20-17-14-11-8-5-2/h8,11,15,17-18,20,24,26-27,29,33,35,40,42,66H,4-7,9-10,12-14,16,19,21-23,25,28,30-32,34,36-39,41,43-65H2,1-3H3/b11-8-,18-15-,20-17-,27-24-,29-26-,35-33-,42-40-. The van der Waals surface area contributed by atoms with Crippen molar-refractivity contribution in [3.63, 3.8) is 0 Å². The molecule has 0 aliphatic heterocycles. The molecule has 0 aliphatic rings. The lowest BCUT2D eigenvalue weighted by Gasteiger charge is -2.18. The number of carbonyl (C=O) groups excluding carboxylic acids is 3. The summed E-state index contributed by atoms with van der Waals surface area (Å²) in [4.78, 5) is 38.3. The van der Waals surface area contributed by atoms with Crippen LogP contribution in [0.2, 0.25) is 0 Å². The first-order valence-corrected chi connectivity index (χ1v) is 32.1. The van der Waals surface area contributed by atoms with E-state index in [9.17, 15) is 14.4 Å². The minimum Gasteiger partial charge on any atom is -0.462 e. The smallest absolute Gasteiger partial charge is 0.306 e. The van der Waals surface area contributed by atoms with E-state index >= 15 is 0 Å². The Balaban J connectivity index is 4.37. The van der Waals surface area contributed by atoms with Crippen molar-refractivity contribution in [3.8, 4) is 0 Å². The van der Waals surface area contributed by atoms with Gasteiger partial charge in [-0.2, -0.15) is 0 Å². The van der Waals surface area contributed by atoms with E-state index in [0.29, 0.717) is 19.3 Å². The van der Waals surface area contributed by atoms with Crippen LogP contribution in [0.5, 0.6) is 0 Å². The van der Waals surface area contributed by atoms with Crippen LogP contribution in [0.15, 0.2) is 85.1 Å². The molecule has 0 N–H and O–H groups in total. The average Bonchev–Trinajstić information content (AvgIpc) is 3.41. The first-order chi connectivity index (χ1) is 37.0. The molecule has 0 aromatic heterocycles. The van der Waals surface area contributed by atoms with Gasteiger partial charge in [-0.3, -0.25) is 14.4 Å². The van der Waals surface area contributed by atoms with E-state index < -0.39 is 6.10 Å². The van der Waals surface area contributed by atoms with Crippen LogP contribution in [0.1, 0.15) is 316 Å². The first-order valence-electron chi connectivity index (χ1n) is 32.1. The minimum absolute atomic E-state index is 0.0868. The van der Waals surface area contributed by atoms with Gasteiger partial charge in [-0.1, -0.05) is 292 Å². The summed E-state index contributed by atoms with van der Waals surface area (Å²) in [5.41, 5.74) is 0. The minimum atomic E-state index is -0.793. The number of rotatable bonds is 58. The third-order valence-electron chi connectivity index (χ3n) is 13.9. The second-order valence-electron chi connectivity index (χ2n) is 21.3. The van der Waals surface area contributed by atoms with Crippen LogP contribution in [0.3, 0.4) is 0 Å². The van der Waals surface area contributed by atoms with E-state index in [1.54, 1.807) is 0 Å². The molecule has 432 valence electrons. The fourth-order valence-electron chi connectivity index (χ4n) is 9.08. The summed E-state index contributed by atoms with van der Waals surface area (Å²) in [5.74, 6) is -0.907. The molecule has 0 rings (SSSR count). The van der Waals surface area contributed by atoms with Crippen LogP contribution in [-0.2, 0) is 28.6 Å². The van der Waals surface area contributed by atoms with E-state index in [1.807, 2.05) is 0 Å². The van der Waals surface area contributed by atoms with E-state index in [4.69, 9.17) is 14.2 Å². The van der Waals surface area contributed by atoms with Crippen LogP contribution >= 0.6 is 0 Å². The van der Waals surface area contributed by atoms with Gasteiger partial charge in [-0.25, -0.2) is 0 Å². The first kappa shape index (κ1) is 71.6. The van der Waals surface area contributed by atoms with Gasteiger partial charge in [0.1, 0.15) is 13.2 Å². The van der Waals surface area contributed by atoms with Crippen LogP contribution in [-0.4, -0.2) is 37.2 Å². The Bertz CT molecular complexity index is 1430. The molecule has 0 saturated heterocycles. The quantitative estimate of drug-likeness (QED) is 0.0261. The van der Waals surface area contributed by atoms with Crippen molar-refractivity contribution < 1.29 is 28.6 Å². The molecule has 0 saturated carbocycles. The fourth-order valence-corrected chi connectivity index (χ4v) is 9.08. The summed E-state index contributed by atoms with van der Waals surface area (Å²) in [7, 11) is 0. The number of hydrogen-bond acceptors (Lipinski definition) is 6. The van der Waals surface area contributed by atoms with Gasteiger partial charge in [0.15, 0.2) is 6.10 Å². The molecule has 0 spiro atoms. The highest BCUT2D eigenvalue weighted by Gasteiger charge is 2.19. The van der Waals surface area contributed by atoms with Crippen molar-refractivity contribution in [1.29, 1.82) is 0 Å². The average molecular weight is 1050 g/mol. The van der Waals surface area contributed by atoms with Crippen molar-refractivity contribution in [2.75, 3.05) is 13.2 Å². The predicted octanol–water partition coefficient (Wildman–Crippen LogP) is 21.9. The Morgan fingerprint density at radius 2 is 0.533 bits per heavy atom. The maximum Gasteiger partial charge on any atom is 0.306 e. The zero-order valence-corrected chi connectivity index (χ0v) is 49.6. The maximum atomic E-state index is 12.9. The van der Waals surface area contributed by atoms with Crippen LogP contribution in [0.4, 0.5) is 0 Å². The van der Waals surface area contributed by atoms with Gasteiger partial charge in [0, 0.05) is 19.3 Å². The summed E-state index contributed by atoms with van der Waals surface area (Å²) in [5, 5.41) is 0. The van der Waals surface area contributed by atoms with Gasteiger partial charge in [0.25, 0.3) is 0 Å². The zero-order valence-electron chi connectivity index (χ0n) is 49.6. The molecule has 0 aromatic carbocycles. The van der Waals surface area contributed by atoms with Crippen molar-refractivity contribution in [2.24, 2.45) is 0 Å². The molecule has 75 heavy (non-hydrogen) atoms. The highest BCUT2D eigenvalue weighted by Crippen LogP contribution is 2.17. The summed E-state index contributed by atoms with van der Waals surface area (Å²) < 4.78 is 16.9. The monoisotopic (exact) mass is 1040 g/mol. The van der Waals surface area contributed by atoms with Gasteiger partial charge in [0.2, 0.25) is 0 Å². The summed E-state index contributed by atoms with van der Waals surface area (Å²) >= 11 is 0. The Kier molecular flexibility index (Phi) is 60.3. The topological polar surface area (TPSA) is 78.9 Å². The van der Waals surface area contributed by atoms with Crippen LogP contribution in [0, 0.1) is 0 Å². The lowest BCUT2D eigenvalue weighted by Crippen LogP contribution is -2.30. The molecule has 6 heteroatoms. The molecular weight excluding hydrogens is 925 g/mol. The van der Waals surface area contributed by atoms with Gasteiger partial charge < -0.3 is 14.2 Å². The summed E-state index contributed by atoms with van der Waals surface area (Å²) in [6.07, 6.45) is 83.0. The van der Waals surface area contributed by atoms with Gasteiger partial charge in [0.05, 0.1) is 0 Å². The Morgan fingerprint density at radius 3 is 0.853 bits per heavy atom. The summed E-state index contributed by atoms with van der Waals surface area (Å²) in [6, 6.07) is 0.